The number of sulfone groups is 1. The molecule has 5 nitrogen and oxygen atoms in total. The minimum Gasteiger partial charge on any atom is -0.396 e. The van der Waals surface area contributed by atoms with Crippen LogP contribution in [0.3, 0.4) is 0 Å². The van der Waals surface area contributed by atoms with E-state index in [4.69, 9.17) is 5.11 Å². The molecule has 0 aliphatic carbocycles. The summed E-state index contributed by atoms with van der Waals surface area (Å²) in [4.78, 5) is 0. The molecule has 6 heteroatoms. The third-order valence-electron chi connectivity index (χ3n) is 2.20. The summed E-state index contributed by atoms with van der Waals surface area (Å²) in [5, 5.41) is 19.7. The molecule has 2 atom stereocenters. The number of aliphatic hydroxyl groups is 2. The second-order valence-corrected chi connectivity index (χ2v) is 5.56. The first-order chi connectivity index (χ1) is 6.05. The smallest absolute Gasteiger partial charge is 0.159 e. The summed E-state index contributed by atoms with van der Waals surface area (Å²) >= 11 is 0. The minimum absolute atomic E-state index is 0.0552. The summed E-state index contributed by atoms with van der Waals surface area (Å²) in [6, 6.07) is -0.239. The Kier molecular flexibility index (Phi) is 3.66. The Balaban J connectivity index is 2.36. The molecule has 0 bridgehead atoms. The third kappa shape index (κ3) is 3.22. The van der Waals surface area contributed by atoms with Crippen LogP contribution < -0.4 is 5.32 Å². The van der Waals surface area contributed by atoms with Crippen molar-refractivity contribution < 1.29 is 23.9 Å². The van der Waals surface area contributed by atoms with Gasteiger partial charge in [0, 0.05) is 13.0 Å². The van der Waals surface area contributed by atoms with Crippen LogP contribution in [0.15, 0.2) is 0 Å². The molecule has 0 saturated carbocycles. The standard InChI is InChI=1S/C7H15NO4S/c9-3-1-2-8-6-4-13(11,12)5-7(6)10/h6-10H,1-5H2/p+1/t6-,7-/m0/s1. The molecule has 1 aliphatic rings. The van der Waals surface area contributed by atoms with E-state index in [2.05, 4.69) is 0 Å². The third-order valence-corrected chi connectivity index (χ3v) is 3.94. The Bertz CT molecular complexity index is 251. The zero-order valence-corrected chi connectivity index (χ0v) is 8.20. The molecule has 0 unspecified atom stereocenters. The van der Waals surface area contributed by atoms with E-state index in [1.165, 1.54) is 0 Å². The van der Waals surface area contributed by atoms with Crippen molar-refractivity contribution in [1.82, 2.24) is 0 Å². The maximum Gasteiger partial charge on any atom is 0.159 e. The van der Waals surface area contributed by atoms with Gasteiger partial charge in [-0.15, -0.1) is 0 Å². The number of hydrogen-bond donors (Lipinski definition) is 3. The Hall–Kier alpha value is -0.170. The molecule has 13 heavy (non-hydrogen) atoms. The molecule has 1 heterocycles. The molecule has 0 aromatic heterocycles. The van der Waals surface area contributed by atoms with E-state index in [9.17, 15) is 13.5 Å². The van der Waals surface area contributed by atoms with Gasteiger partial charge in [0.05, 0.1) is 12.3 Å². The Morgan fingerprint density at radius 2 is 2.08 bits per heavy atom. The topological polar surface area (TPSA) is 91.2 Å². The quantitative estimate of drug-likeness (QED) is 0.434. The van der Waals surface area contributed by atoms with Crippen molar-refractivity contribution in [2.45, 2.75) is 18.6 Å². The van der Waals surface area contributed by atoms with Gasteiger partial charge in [0.25, 0.3) is 0 Å². The highest BCUT2D eigenvalue weighted by Crippen LogP contribution is 2.08. The maximum atomic E-state index is 11.1. The van der Waals surface area contributed by atoms with E-state index in [0.717, 1.165) is 0 Å². The number of aliphatic hydroxyl groups excluding tert-OH is 2. The molecule has 0 amide bonds. The first-order valence-corrected chi connectivity index (χ1v) is 6.20. The predicted molar refractivity (Wildman–Crippen MR) is 46.9 cm³/mol. The van der Waals surface area contributed by atoms with Crippen molar-refractivity contribution in [2.75, 3.05) is 24.7 Å². The zero-order valence-electron chi connectivity index (χ0n) is 7.39. The molecule has 1 rings (SSSR count). The lowest BCUT2D eigenvalue weighted by Gasteiger charge is -2.10. The fourth-order valence-electron chi connectivity index (χ4n) is 1.50. The molecule has 1 fully saturated rings. The second-order valence-electron chi connectivity index (χ2n) is 3.41. The van der Waals surface area contributed by atoms with Crippen LogP contribution in [0.5, 0.6) is 0 Å². The first-order valence-electron chi connectivity index (χ1n) is 4.38. The largest absolute Gasteiger partial charge is 0.396 e. The van der Waals surface area contributed by atoms with Crippen molar-refractivity contribution in [3.63, 3.8) is 0 Å². The predicted octanol–water partition coefficient (Wildman–Crippen LogP) is -2.91. The van der Waals surface area contributed by atoms with Gasteiger partial charge in [-0.3, -0.25) is 0 Å². The van der Waals surface area contributed by atoms with Gasteiger partial charge < -0.3 is 15.5 Å². The average Bonchev–Trinajstić information content (AvgIpc) is 2.25. The van der Waals surface area contributed by atoms with Crippen LogP contribution in [0.1, 0.15) is 6.42 Å². The van der Waals surface area contributed by atoms with Crippen LogP contribution in [-0.4, -0.2) is 55.4 Å². The Labute approximate surface area is 77.7 Å². The molecule has 4 N–H and O–H groups in total. The van der Waals surface area contributed by atoms with Crippen molar-refractivity contribution in [1.29, 1.82) is 0 Å². The number of hydrogen-bond acceptors (Lipinski definition) is 4. The van der Waals surface area contributed by atoms with E-state index in [1.54, 1.807) is 5.32 Å². The lowest BCUT2D eigenvalue weighted by molar-refractivity contribution is -0.690. The number of quaternary nitrogens is 1. The molecular formula is C7H16NO4S+. The summed E-state index contributed by atoms with van der Waals surface area (Å²) in [6.07, 6.45) is -0.118. The van der Waals surface area contributed by atoms with Gasteiger partial charge in [-0.2, -0.15) is 0 Å². The summed E-state index contributed by atoms with van der Waals surface area (Å²) in [6.45, 7) is 0.764. The highest BCUT2D eigenvalue weighted by Gasteiger charge is 2.38. The first kappa shape index (κ1) is 10.9. The fourth-order valence-corrected chi connectivity index (χ4v) is 3.35. The van der Waals surface area contributed by atoms with Gasteiger partial charge in [0.15, 0.2) is 9.84 Å². The van der Waals surface area contributed by atoms with Crippen molar-refractivity contribution >= 4 is 9.84 Å². The molecule has 78 valence electrons. The van der Waals surface area contributed by atoms with Gasteiger partial charge in [-0.05, 0) is 0 Å². The molecule has 1 aliphatic heterocycles. The number of nitrogens with two attached hydrogens (primary N) is 1. The minimum atomic E-state index is -3.03. The molecule has 1 saturated heterocycles. The molecule has 0 aromatic rings. The second kappa shape index (κ2) is 4.36. The summed E-state index contributed by atoms with van der Waals surface area (Å²) in [5.74, 6) is -0.0626. The summed E-state index contributed by atoms with van der Waals surface area (Å²) in [5.41, 5.74) is 0. The summed E-state index contributed by atoms with van der Waals surface area (Å²) < 4.78 is 22.1. The molecule has 0 aromatic carbocycles. The van der Waals surface area contributed by atoms with Crippen LogP contribution in [0.2, 0.25) is 0 Å². The monoisotopic (exact) mass is 210 g/mol. The molecular weight excluding hydrogens is 194 g/mol. The van der Waals surface area contributed by atoms with Crippen molar-refractivity contribution in [3.8, 4) is 0 Å². The van der Waals surface area contributed by atoms with Gasteiger partial charge in [-0.25, -0.2) is 8.42 Å². The van der Waals surface area contributed by atoms with Crippen molar-refractivity contribution in [3.05, 3.63) is 0 Å². The van der Waals surface area contributed by atoms with E-state index in [-0.39, 0.29) is 24.2 Å². The van der Waals surface area contributed by atoms with Crippen LogP contribution in [0, 0.1) is 0 Å². The Morgan fingerprint density at radius 3 is 2.54 bits per heavy atom. The fraction of sp³-hybridized carbons (Fsp3) is 1.00. The van der Waals surface area contributed by atoms with E-state index in [1.807, 2.05) is 0 Å². The van der Waals surface area contributed by atoms with Crippen LogP contribution in [0.25, 0.3) is 0 Å². The lowest BCUT2D eigenvalue weighted by Crippen LogP contribution is -2.92. The average molecular weight is 210 g/mol. The van der Waals surface area contributed by atoms with E-state index in [0.29, 0.717) is 13.0 Å². The van der Waals surface area contributed by atoms with Crippen LogP contribution in [-0.2, 0) is 9.84 Å². The Morgan fingerprint density at radius 1 is 1.38 bits per heavy atom. The van der Waals surface area contributed by atoms with Crippen molar-refractivity contribution in [2.24, 2.45) is 0 Å². The normalized spacial score (nSPS) is 32.2. The number of rotatable bonds is 4. The highest BCUT2D eigenvalue weighted by atomic mass is 32.2. The maximum absolute atomic E-state index is 11.1. The molecule has 0 radical (unpaired) electrons. The van der Waals surface area contributed by atoms with Crippen LogP contribution >= 0.6 is 0 Å². The van der Waals surface area contributed by atoms with Crippen LogP contribution in [0.4, 0.5) is 0 Å². The van der Waals surface area contributed by atoms with Gasteiger partial charge >= 0.3 is 0 Å². The molecule has 0 spiro atoms. The highest BCUT2D eigenvalue weighted by molar-refractivity contribution is 7.91. The lowest BCUT2D eigenvalue weighted by atomic mass is 10.2. The van der Waals surface area contributed by atoms with Gasteiger partial charge in [0.1, 0.15) is 17.9 Å². The SMILES string of the molecule is O=S1(=O)C[C@H]([NH2+]CCCO)[C@@H](O)C1. The zero-order chi connectivity index (χ0) is 9.90. The summed E-state index contributed by atoms with van der Waals surface area (Å²) in [7, 11) is -3.03. The van der Waals surface area contributed by atoms with E-state index >= 15 is 0 Å². The van der Waals surface area contributed by atoms with Gasteiger partial charge in [-0.1, -0.05) is 0 Å². The van der Waals surface area contributed by atoms with E-state index < -0.39 is 15.9 Å². The van der Waals surface area contributed by atoms with Gasteiger partial charge in [0.2, 0.25) is 0 Å².